The van der Waals surface area contributed by atoms with Crippen LogP contribution in [0.5, 0.6) is 5.75 Å². The molecule has 0 aliphatic carbocycles. The number of aryl methyl sites for hydroxylation is 2. The Bertz CT molecular complexity index is 1200. The SMILES string of the molecule is CCOc1ccc(/C(O)=C2/C(=O)C(=O)N(Cc3ccccn3)C2c2sccc2C)cc1C. The monoisotopic (exact) mass is 448 g/mol. The Morgan fingerprint density at radius 2 is 1.97 bits per heavy atom. The zero-order valence-electron chi connectivity index (χ0n) is 18.2. The average molecular weight is 449 g/mol. The van der Waals surface area contributed by atoms with Crippen molar-refractivity contribution in [3.63, 3.8) is 0 Å². The first-order chi connectivity index (χ1) is 15.4. The first-order valence-corrected chi connectivity index (χ1v) is 11.3. The lowest BCUT2D eigenvalue weighted by molar-refractivity contribution is -0.140. The van der Waals surface area contributed by atoms with Crippen LogP contribution in [0.2, 0.25) is 0 Å². The minimum absolute atomic E-state index is 0.0973. The molecule has 0 radical (unpaired) electrons. The van der Waals surface area contributed by atoms with Crippen molar-refractivity contribution >= 4 is 28.8 Å². The Morgan fingerprint density at radius 3 is 2.59 bits per heavy atom. The zero-order valence-corrected chi connectivity index (χ0v) is 19.0. The number of aromatic nitrogens is 1. The summed E-state index contributed by atoms with van der Waals surface area (Å²) in [4.78, 5) is 32.9. The number of hydrogen-bond acceptors (Lipinski definition) is 6. The van der Waals surface area contributed by atoms with E-state index in [0.717, 1.165) is 16.0 Å². The Balaban J connectivity index is 1.84. The minimum atomic E-state index is -0.692. The second-order valence-corrected chi connectivity index (χ2v) is 8.58. The van der Waals surface area contributed by atoms with Crippen LogP contribution in [-0.2, 0) is 16.1 Å². The number of thiophene rings is 1. The number of Topliss-reactive ketones (excluding diaryl/α,β-unsaturated/α-hetero) is 1. The highest BCUT2D eigenvalue weighted by Gasteiger charge is 2.47. The molecule has 164 valence electrons. The fourth-order valence-corrected chi connectivity index (χ4v) is 4.96. The van der Waals surface area contributed by atoms with Crippen LogP contribution in [0.1, 0.15) is 40.2 Å². The summed E-state index contributed by atoms with van der Waals surface area (Å²) in [5.74, 6) is -0.804. The third-order valence-electron chi connectivity index (χ3n) is 5.50. The van der Waals surface area contributed by atoms with Gasteiger partial charge in [-0.1, -0.05) is 6.07 Å². The Morgan fingerprint density at radius 1 is 1.16 bits per heavy atom. The molecule has 0 bridgehead atoms. The molecule has 1 aliphatic rings. The van der Waals surface area contributed by atoms with Gasteiger partial charge in [-0.2, -0.15) is 0 Å². The Kier molecular flexibility index (Phi) is 6.10. The summed E-state index contributed by atoms with van der Waals surface area (Å²) in [6, 6.07) is 12.0. The summed E-state index contributed by atoms with van der Waals surface area (Å²) in [6.07, 6.45) is 1.65. The lowest BCUT2D eigenvalue weighted by atomic mass is 9.97. The molecule has 3 aromatic rings. The number of pyridine rings is 1. The third-order valence-corrected chi connectivity index (χ3v) is 6.57. The van der Waals surface area contributed by atoms with Crippen molar-refractivity contribution < 1.29 is 19.4 Å². The minimum Gasteiger partial charge on any atom is -0.507 e. The summed E-state index contributed by atoms with van der Waals surface area (Å²) in [5.41, 5.74) is 3.04. The van der Waals surface area contributed by atoms with Gasteiger partial charge in [0.25, 0.3) is 11.7 Å². The predicted octanol–water partition coefficient (Wildman–Crippen LogP) is 4.78. The normalized spacial score (nSPS) is 17.7. The number of carbonyl (C=O) groups excluding carboxylic acids is 2. The Hall–Kier alpha value is -3.45. The molecule has 1 aliphatic heterocycles. The van der Waals surface area contributed by atoms with Gasteiger partial charge in [-0.3, -0.25) is 14.6 Å². The van der Waals surface area contributed by atoms with Gasteiger partial charge in [0.1, 0.15) is 17.6 Å². The number of ketones is 1. The van der Waals surface area contributed by atoms with Crippen LogP contribution in [0.25, 0.3) is 5.76 Å². The van der Waals surface area contributed by atoms with Gasteiger partial charge in [0.2, 0.25) is 0 Å². The van der Waals surface area contributed by atoms with Gasteiger partial charge in [0, 0.05) is 16.6 Å². The molecule has 0 saturated carbocycles. The molecule has 0 spiro atoms. The molecule has 4 rings (SSSR count). The van der Waals surface area contributed by atoms with E-state index in [0.29, 0.717) is 23.6 Å². The lowest BCUT2D eigenvalue weighted by Crippen LogP contribution is -2.29. The van der Waals surface area contributed by atoms with E-state index in [1.54, 1.807) is 30.5 Å². The largest absolute Gasteiger partial charge is 0.507 e. The van der Waals surface area contributed by atoms with E-state index in [9.17, 15) is 14.7 Å². The van der Waals surface area contributed by atoms with E-state index in [4.69, 9.17) is 4.74 Å². The second-order valence-electron chi connectivity index (χ2n) is 7.63. The first-order valence-electron chi connectivity index (χ1n) is 10.4. The summed E-state index contributed by atoms with van der Waals surface area (Å²) >= 11 is 1.46. The number of likely N-dealkylation sites (tertiary alicyclic amines) is 1. The molecule has 1 atom stereocenters. The van der Waals surface area contributed by atoms with Gasteiger partial charge in [0.05, 0.1) is 24.4 Å². The van der Waals surface area contributed by atoms with Crippen molar-refractivity contribution in [2.45, 2.75) is 33.4 Å². The van der Waals surface area contributed by atoms with Crippen molar-refractivity contribution in [1.29, 1.82) is 0 Å². The molecule has 1 unspecified atom stereocenters. The van der Waals surface area contributed by atoms with Crippen LogP contribution < -0.4 is 4.74 Å². The molecule has 32 heavy (non-hydrogen) atoms. The van der Waals surface area contributed by atoms with Gasteiger partial charge in [-0.25, -0.2) is 0 Å². The lowest BCUT2D eigenvalue weighted by Gasteiger charge is -2.24. The molecule has 1 fully saturated rings. The number of nitrogens with zero attached hydrogens (tertiary/aromatic N) is 2. The van der Waals surface area contributed by atoms with Crippen molar-refractivity contribution in [2.24, 2.45) is 0 Å². The maximum Gasteiger partial charge on any atom is 0.296 e. The van der Waals surface area contributed by atoms with Gasteiger partial charge < -0.3 is 14.7 Å². The quantitative estimate of drug-likeness (QED) is 0.333. The molecule has 7 heteroatoms. The maximum absolute atomic E-state index is 13.1. The molecule has 1 amide bonds. The third kappa shape index (κ3) is 3.91. The first kappa shape index (κ1) is 21.8. The number of ether oxygens (including phenoxy) is 1. The number of hydrogen-bond donors (Lipinski definition) is 1. The van der Waals surface area contributed by atoms with E-state index in [1.807, 2.05) is 44.4 Å². The average Bonchev–Trinajstić information content (AvgIpc) is 3.31. The second kappa shape index (κ2) is 8.96. The van der Waals surface area contributed by atoms with Crippen LogP contribution >= 0.6 is 11.3 Å². The van der Waals surface area contributed by atoms with Crippen molar-refractivity contribution in [3.05, 3.63) is 86.9 Å². The van der Waals surface area contributed by atoms with Crippen LogP contribution in [0, 0.1) is 13.8 Å². The van der Waals surface area contributed by atoms with Gasteiger partial charge in [-0.05, 0) is 73.7 Å². The van der Waals surface area contributed by atoms with Crippen molar-refractivity contribution in [2.75, 3.05) is 6.61 Å². The molecule has 6 nitrogen and oxygen atoms in total. The number of benzene rings is 1. The molecule has 3 heterocycles. The van der Waals surface area contributed by atoms with Crippen LogP contribution in [0.3, 0.4) is 0 Å². The molecule has 1 aromatic carbocycles. The number of aliphatic hydroxyl groups excluding tert-OH is 1. The number of carbonyl (C=O) groups is 2. The maximum atomic E-state index is 13.1. The van der Waals surface area contributed by atoms with E-state index >= 15 is 0 Å². The van der Waals surface area contributed by atoms with Gasteiger partial charge in [0.15, 0.2) is 0 Å². The Labute approximate surface area is 190 Å². The summed E-state index contributed by atoms with van der Waals surface area (Å²) in [5, 5.41) is 13.1. The van der Waals surface area contributed by atoms with Crippen molar-refractivity contribution in [1.82, 2.24) is 9.88 Å². The molecule has 1 saturated heterocycles. The van der Waals surface area contributed by atoms with E-state index in [2.05, 4.69) is 4.98 Å². The standard InChI is InChI=1S/C25H24N2O4S/c1-4-31-19-9-8-17(13-16(19)3)22(28)20-21(24-15(2)10-12-32-24)27(25(30)23(20)29)14-18-7-5-6-11-26-18/h5-13,21,28H,4,14H2,1-3H3/b22-20-. The van der Waals surface area contributed by atoms with E-state index < -0.39 is 17.7 Å². The van der Waals surface area contributed by atoms with E-state index in [-0.39, 0.29) is 17.9 Å². The fraction of sp³-hybridized carbons (Fsp3) is 0.240. The summed E-state index contributed by atoms with van der Waals surface area (Å²) in [7, 11) is 0. The highest BCUT2D eigenvalue weighted by molar-refractivity contribution is 7.10. The van der Waals surface area contributed by atoms with Crippen LogP contribution in [0.15, 0.2) is 59.6 Å². The van der Waals surface area contributed by atoms with Crippen molar-refractivity contribution in [3.8, 4) is 5.75 Å². The summed E-state index contributed by atoms with van der Waals surface area (Å²) in [6.45, 7) is 6.42. The highest BCUT2D eigenvalue weighted by atomic mass is 32.1. The number of amides is 1. The van der Waals surface area contributed by atoms with E-state index in [1.165, 1.54) is 16.2 Å². The fourth-order valence-electron chi connectivity index (χ4n) is 3.92. The number of aliphatic hydroxyl groups is 1. The smallest absolute Gasteiger partial charge is 0.296 e. The zero-order chi connectivity index (χ0) is 22.8. The molecule has 1 N–H and O–H groups in total. The van der Waals surface area contributed by atoms with Gasteiger partial charge in [-0.15, -0.1) is 11.3 Å². The van der Waals surface area contributed by atoms with Gasteiger partial charge >= 0.3 is 0 Å². The van der Waals surface area contributed by atoms with Crippen LogP contribution in [0.4, 0.5) is 0 Å². The number of rotatable bonds is 6. The van der Waals surface area contributed by atoms with Crippen LogP contribution in [-0.4, -0.2) is 33.3 Å². The predicted molar refractivity (Wildman–Crippen MR) is 123 cm³/mol. The molecule has 2 aromatic heterocycles. The topological polar surface area (TPSA) is 79.7 Å². The molecular formula is C25H24N2O4S. The highest BCUT2D eigenvalue weighted by Crippen LogP contribution is 2.43. The molecular weight excluding hydrogens is 424 g/mol. The summed E-state index contributed by atoms with van der Waals surface area (Å²) < 4.78 is 5.58.